The van der Waals surface area contributed by atoms with Crippen LogP contribution in [-0.4, -0.2) is 28.4 Å². The Morgan fingerprint density at radius 1 is 1.53 bits per heavy atom. The van der Waals surface area contributed by atoms with E-state index >= 15 is 0 Å². The summed E-state index contributed by atoms with van der Waals surface area (Å²) in [5.41, 5.74) is -0.0289. The Kier molecular flexibility index (Phi) is 3.39. The van der Waals surface area contributed by atoms with Crippen molar-refractivity contribution in [1.82, 2.24) is 0 Å². The summed E-state index contributed by atoms with van der Waals surface area (Å²) < 4.78 is 4.76. The molecule has 5 nitrogen and oxygen atoms in total. The number of halogens is 1. The lowest BCUT2D eigenvalue weighted by Crippen LogP contribution is -2.11. The van der Waals surface area contributed by atoms with E-state index in [0.717, 1.165) is 6.07 Å². The fraction of sp³-hybridized carbons (Fsp3) is 0.222. The fourth-order valence-electron chi connectivity index (χ4n) is 1.06. The predicted octanol–water partition coefficient (Wildman–Crippen LogP) is 1.17. The number of aromatic hydroxyl groups is 1. The Morgan fingerprint density at radius 3 is 2.60 bits per heavy atom. The number of carboxylic acid groups (broad SMARTS) is 1. The molecule has 0 heterocycles. The maximum Gasteiger partial charge on any atom is 0.337 e. The van der Waals surface area contributed by atoms with Crippen LogP contribution in [0, 0.1) is 0 Å². The van der Waals surface area contributed by atoms with E-state index in [4.69, 9.17) is 21.4 Å². The molecular formula is C9H9ClO5. The first-order valence-electron chi connectivity index (χ1n) is 3.94. The zero-order valence-electron chi connectivity index (χ0n) is 7.77. The molecule has 0 saturated carbocycles. The van der Waals surface area contributed by atoms with Gasteiger partial charge in [-0.25, -0.2) is 4.79 Å². The second kappa shape index (κ2) is 4.37. The average Bonchev–Trinajstić information content (AvgIpc) is 2.17. The molecule has 1 aromatic carbocycles. The number of rotatable bonds is 3. The molecular weight excluding hydrogens is 224 g/mol. The van der Waals surface area contributed by atoms with Crippen LogP contribution in [0.15, 0.2) is 12.1 Å². The number of benzene rings is 1. The third kappa shape index (κ3) is 2.31. The van der Waals surface area contributed by atoms with Crippen molar-refractivity contribution in [3.63, 3.8) is 0 Å². The lowest BCUT2D eigenvalue weighted by atomic mass is 10.1. The molecule has 1 unspecified atom stereocenters. The van der Waals surface area contributed by atoms with Crippen LogP contribution in [0.25, 0.3) is 0 Å². The van der Waals surface area contributed by atoms with Crippen molar-refractivity contribution < 1.29 is 24.9 Å². The third-order valence-electron chi connectivity index (χ3n) is 1.83. The SMILES string of the molecule is COc1cc(C(O)C(=O)O)c(Cl)cc1O. The highest BCUT2D eigenvalue weighted by Gasteiger charge is 2.21. The summed E-state index contributed by atoms with van der Waals surface area (Å²) in [7, 11) is 1.31. The van der Waals surface area contributed by atoms with Gasteiger partial charge in [-0.3, -0.25) is 0 Å². The summed E-state index contributed by atoms with van der Waals surface area (Å²) in [5.74, 6) is -1.59. The van der Waals surface area contributed by atoms with Crippen LogP contribution < -0.4 is 4.74 Å². The molecule has 15 heavy (non-hydrogen) atoms. The maximum absolute atomic E-state index is 10.5. The Hall–Kier alpha value is -1.46. The van der Waals surface area contributed by atoms with Crippen LogP contribution in [0.3, 0.4) is 0 Å². The van der Waals surface area contributed by atoms with Gasteiger partial charge in [0.05, 0.1) is 12.1 Å². The van der Waals surface area contributed by atoms with Gasteiger partial charge >= 0.3 is 5.97 Å². The van der Waals surface area contributed by atoms with Crippen molar-refractivity contribution in [2.24, 2.45) is 0 Å². The van der Waals surface area contributed by atoms with Crippen LogP contribution in [0.5, 0.6) is 11.5 Å². The summed E-state index contributed by atoms with van der Waals surface area (Å²) in [6.45, 7) is 0. The molecule has 0 aromatic heterocycles. The molecule has 1 rings (SSSR count). The van der Waals surface area contributed by atoms with E-state index in [2.05, 4.69) is 0 Å². The Balaban J connectivity index is 3.24. The minimum Gasteiger partial charge on any atom is -0.504 e. The first kappa shape index (κ1) is 11.6. The standard InChI is InChI=1S/C9H9ClO5/c1-15-7-2-4(8(12)9(13)14)5(10)3-6(7)11/h2-3,8,11-12H,1H3,(H,13,14). The molecule has 0 aliphatic heterocycles. The van der Waals surface area contributed by atoms with Crippen molar-refractivity contribution >= 4 is 17.6 Å². The van der Waals surface area contributed by atoms with Crippen molar-refractivity contribution in [2.75, 3.05) is 7.11 Å². The normalized spacial score (nSPS) is 12.2. The number of methoxy groups -OCH3 is 1. The Bertz CT molecular complexity index is 390. The van der Waals surface area contributed by atoms with E-state index in [1.165, 1.54) is 13.2 Å². The summed E-state index contributed by atoms with van der Waals surface area (Å²) in [5, 5.41) is 27.1. The van der Waals surface area contributed by atoms with Gasteiger partial charge in [-0.15, -0.1) is 0 Å². The van der Waals surface area contributed by atoms with Crippen molar-refractivity contribution in [2.45, 2.75) is 6.10 Å². The molecule has 3 N–H and O–H groups in total. The van der Waals surface area contributed by atoms with Gasteiger partial charge in [-0.1, -0.05) is 11.6 Å². The lowest BCUT2D eigenvalue weighted by molar-refractivity contribution is -0.146. The number of aliphatic carboxylic acids is 1. The number of aliphatic hydroxyl groups is 1. The predicted molar refractivity (Wildman–Crippen MR) is 52.3 cm³/mol. The number of aliphatic hydroxyl groups excluding tert-OH is 1. The summed E-state index contributed by atoms with van der Waals surface area (Å²) in [4.78, 5) is 10.5. The maximum atomic E-state index is 10.5. The third-order valence-corrected chi connectivity index (χ3v) is 2.15. The van der Waals surface area contributed by atoms with E-state index in [-0.39, 0.29) is 22.1 Å². The molecule has 0 fully saturated rings. The molecule has 82 valence electrons. The van der Waals surface area contributed by atoms with Gasteiger partial charge in [0.15, 0.2) is 17.6 Å². The van der Waals surface area contributed by atoms with Crippen molar-refractivity contribution in [3.05, 3.63) is 22.7 Å². The van der Waals surface area contributed by atoms with Crippen LogP contribution in [-0.2, 0) is 4.79 Å². The number of phenols is 1. The summed E-state index contributed by atoms with van der Waals surface area (Å²) >= 11 is 5.66. The molecule has 0 radical (unpaired) electrons. The van der Waals surface area contributed by atoms with Crippen molar-refractivity contribution in [1.29, 1.82) is 0 Å². The highest BCUT2D eigenvalue weighted by Crippen LogP contribution is 2.35. The van der Waals surface area contributed by atoms with Crippen LogP contribution >= 0.6 is 11.6 Å². The van der Waals surface area contributed by atoms with Crippen LogP contribution in [0.2, 0.25) is 5.02 Å². The molecule has 0 aliphatic carbocycles. The molecule has 0 aliphatic rings. The van der Waals surface area contributed by atoms with E-state index in [9.17, 15) is 15.0 Å². The number of hydrogen-bond donors (Lipinski definition) is 3. The monoisotopic (exact) mass is 232 g/mol. The molecule has 0 bridgehead atoms. The van der Waals surface area contributed by atoms with E-state index < -0.39 is 12.1 Å². The first-order valence-corrected chi connectivity index (χ1v) is 4.32. The van der Waals surface area contributed by atoms with E-state index in [0.29, 0.717) is 0 Å². The number of phenolic OH excluding ortho intramolecular Hbond substituents is 1. The largest absolute Gasteiger partial charge is 0.504 e. The fourth-order valence-corrected chi connectivity index (χ4v) is 1.33. The molecule has 0 amide bonds. The van der Waals surface area contributed by atoms with E-state index in [1.807, 2.05) is 0 Å². The number of carboxylic acids is 1. The molecule has 1 aromatic rings. The van der Waals surface area contributed by atoms with Gasteiger partial charge in [-0.05, 0) is 6.07 Å². The van der Waals surface area contributed by atoms with Gasteiger partial charge < -0.3 is 20.1 Å². The smallest absolute Gasteiger partial charge is 0.337 e. The minimum absolute atomic E-state index is 0.0289. The zero-order chi connectivity index (χ0) is 11.6. The van der Waals surface area contributed by atoms with Crippen LogP contribution in [0.1, 0.15) is 11.7 Å². The first-order chi connectivity index (χ1) is 6.97. The highest BCUT2D eigenvalue weighted by molar-refractivity contribution is 6.31. The quantitative estimate of drug-likeness (QED) is 0.728. The molecule has 0 saturated heterocycles. The summed E-state index contributed by atoms with van der Waals surface area (Å²) in [6.07, 6.45) is -1.74. The lowest BCUT2D eigenvalue weighted by Gasteiger charge is -2.11. The minimum atomic E-state index is -1.74. The number of hydrogen-bond acceptors (Lipinski definition) is 4. The average molecular weight is 233 g/mol. The highest BCUT2D eigenvalue weighted by atomic mass is 35.5. The molecule has 1 atom stereocenters. The van der Waals surface area contributed by atoms with Gasteiger partial charge in [0, 0.05) is 11.6 Å². The Labute approximate surface area is 90.5 Å². The zero-order valence-corrected chi connectivity index (χ0v) is 8.52. The number of carbonyl (C=O) groups is 1. The number of ether oxygens (including phenoxy) is 1. The van der Waals surface area contributed by atoms with Gasteiger partial charge in [-0.2, -0.15) is 0 Å². The van der Waals surface area contributed by atoms with Gasteiger partial charge in [0.1, 0.15) is 0 Å². The van der Waals surface area contributed by atoms with Crippen LogP contribution in [0.4, 0.5) is 0 Å². The summed E-state index contributed by atoms with van der Waals surface area (Å²) in [6, 6.07) is 2.29. The molecule has 0 spiro atoms. The van der Waals surface area contributed by atoms with E-state index in [1.54, 1.807) is 0 Å². The van der Waals surface area contributed by atoms with Crippen molar-refractivity contribution in [3.8, 4) is 11.5 Å². The molecule has 6 heteroatoms. The second-order valence-electron chi connectivity index (χ2n) is 2.79. The Morgan fingerprint density at radius 2 is 2.13 bits per heavy atom. The van der Waals surface area contributed by atoms with Gasteiger partial charge in [0.2, 0.25) is 0 Å². The van der Waals surface area contributed by atoms with Gasteiger partial charge in [0.25, 0.3) is 0 Å². The topological polar surface area (TPSA) is 87.0 Å². The second-order valence-corrected chi connectivity index (χ2v) is 3.19.